The predicted molar refractivity (Wildman–Crippen MR) is 133 cm³/mol. The second-order valence-electron chi connectivity index (χ2n) is 7.57. The molecule has 4 aromatic carbocycles. The summed E-state index contributed by atoms with van der Waals surface area (Å²) in [4.78, 5) is 12.7. The molecule has 152 valence electrons. The van der Waals surface area contributed by atoms with Gasteiger partial charge in [-0.15, -0.1) is 0 Å². The summed E-state index contributed by atoms with van der Waals surface area (Å²) in [6.45, 7) is 0.465. The molecule has 31 heavy (non-hydrogen) atoms. The van der Waals surface area contributed by atoms with Crippen molar-refractivity contribution < 1.29 is 9.53 Å². The lowest BCUT2D eigenvalue weighted by atomic mass is 10.1. The van der Waals surface area contributed by atoms with Crippen LogP contribution >= 0.6 is 31.9 Å². The number of halogens is 2. The highest BCUT2D eigenvalue weighted by Gasteiger charge is 2.24. The maximum atomic E-state index is 12.7. The summed E-state index contributed by atoms with van der Waals surface area (Å²) in [5, 5.41) is 2.39. The molecule has 0 aliphatic heterocycles. The van der Waals surface area contributed by atoms with Crippen molar-refractivity contribution >= 4 is 54.5 Å². The number of ketones is 1. The van der Waals surface area contributed by atoms with Crippen molar-refractivity contribution in [2.24, 2.45) is 0 Å². The van der Waals surface area contributed by atoms with Gasteiger partial charge >= 0.3 is 0 Å². The number of fused-ring (bicyclic) bond motifs is 2. The fourth-order valence-corrected chi connectivity index (χ4v) is 5.49. The molecule has 5 rings (SSSR count). The third-order valence-corrected chi connectivity index (χ3v) is 6.73. The number of ether oxygens (including phenoxy) is 1. The lowest BCUT2D eigenvalue weighted by Gasteiger charge is -2.13. The van der Waals surface area contributed by atoms with E-state index in [1.165, 1.54) is 10.8 Å². The van der Waals surface area contributed by atoms with Crippen LogP contribution in [0.4, 0.5) is 0 Å². The summed E-state index contributed by atoms with van der Waals surface area (Å²) in [7, 11) is 0. The van der Waals surface area contributed by atoms with Gasteiger partial charge in [0.1, 0.15) is 12.4 Å². The first-order valence-corrected chi connectivity index (χ1v) is 11.6. The minimum Gasteiger partial charge on any atom is -0.487 e. The van der Waals surface area contributed by atoms with E-state index in [0.717, 1.165) is 42.5 Å². The molecule has 4 aromatic rings. The van der Waals surface area contributed by atoms with E-state index in [2.05, 4.69) is 62.2 Å². The van der Waals surface area contributed by atoms with E-state index in [0.29, 0.717) is 13.0 Å². The zero-order chi connectivity index (χ0) is 21.4. The number of allylic oxidation sites excluding steroid dienone is 1. The van der Waals surface area contributed by atoms with Gasteiger partial charge in [0.15, 0.2) is 5.78 Å². The van der Waals surface area contributed by atoms with E-state index in [4.69, 9.17) is 4.74 Å². The van der Waals surface area contributed by atoms with E-state index >= 15 is 0 Å². The molecular formula is C27H18Br2O2. The summed E-state index contributed by atoms with van der Waals surface area (Å²) < 4.78 is 7.87. The number of carbonyl (C=O) groups excluding carboxylic acids is 1. The highest BCUT2D eigenvalue weighted by Crippen LogP contribution is 2.37. The zero-order valence-electron chi connectivity index (χ0n) is 16.6. The Morgan fingerprint density at radius 1 is 0.871 bits per heavy atom. The first-order chi connectivity index (χ1) is 15.1. The van der Waals surface area contributed by atoms with Gasteiger partial charge in [0, 0.05) is 17.6 Å². The SMILES string of the molecule is O=C1/C(=C/c2cc(Br)c(OCc3cccc4ccccc34)c(Br)c2)Cc2ccccc21. The van der Waals surface area contributed by atoms with Crippen molar-refractivity contribution in [3.63, 3.8) is 0 Å². The number of carbonyl (C=O) groups is 1. The maximum Gasteiger partial charge on any atom is 0.189 e. The van der Waals surface area contributed by atoms with Crippen molar-refractivity contribution in [1.29, 1.82) is 0 Å². The molecule has 0 amide bonds. The van der Waals surface area contributed by atoms with Crippen LogP contribution in [0.15, 0.2) is 93.4 Å². The number of hydrogen-bond acceptors (Lipinski definition) is 2. The molecule has 0 spiro atoms. The Balaban J connectivity index is 1.39. The molecular weight excluding hydrogens is 516 g/mol. The lowest BCUT2D eigenvalue weighted by molar-refractivity contribution is 0.104. The molecule has 2 nitrogen and oxygen atoms in total. The van der Waals surface area contributed by atoms with Gasteiger partial charge in [0.2, 0.25) is 0 Å². The average molecular weight is 534 g/mol. The maximum absolute atomic E-state index is 12.7. The second-order valence-corrected chi connectivity index (χ2v) is 9.28. The van der Waals surface area contributed by atoms with Gasteiger partial charge in [0.25, 0.3) is 0 Å². The Morgan fingerprint density at radius 2 is 1.58 bits per heavy atom. The number of hydrogen-bond donors (Lipinski definition) is 0. The van der Waals surface area contributed by atoms with Gasteiger partial charge < -0.3 is 4.74 Å². The van der Waals surface area contributed by atoms with Crippen molar-refractivity contribution in [3.05, 3.63) is 116 Å². The molecule has 0 saturated carbocycles. The third kappa shape index (κ3) is 3.98. The Bertz CT molecular complexity index is 1330. The van der Waals surface area contributed by atoms with Crippen molar-refractivity contribution in [1.82, 2.24) is 0 Å². The normalized spacial score (nSPS) is 14.3. The molecule has 0 atom stereocenters. The van der Waals surface area contributed by atoms with Crippen molar-refractivity contribution in [2.75, 3.05) is 0 Å². The summed E-state index contributed by atoms with van der Waals surface area (Å²) in [6, 6.07) is 26.3. The average Bonchev–Trinajstić information content (AvgIpc) is 3.08. The highest BCUT2D eigenvalue weighted by atomic mass is 79.9. The number of rotatable bonds is 4. The van der Waals surface area contributed by atoms with Gasteiger partial charge in [-0.3, -0.25) is 4.79 Å². The minimum atomic E-state index is 0.110. The monoisotopic (exact) mass is 532 g/mol. The van der Waals surface area contributed by atoms with E-state index in [1.807, 2.05) is 54.6 Å². The smallest absolute Gasteiger partial charge is 0.189 e. The van der Waals surface area contributed by atoms with Crippen LogP contribution in [-0.4, -0.2) is 5.78 Å². The topological polar surface area (TPSA) is 26.3 Å². The van der Waals surface area contributed by atoms with Crippen LogP contribution in [0.3, 0.4) is 0 Å². The van der Waals surface area contributed by atoms with E-state index in [1.54, 1.807) is 0 Å². The summed E-state index contributed by atoms with van der Waals surface area (Å²) in [5.74, 6) is 0.857. The molecule has 4 heteroatoms. The molecule has 0 aromatic heterocycles. The van der Waals surface area contributed by atoms with Crippen molar-refractivity contribution in [2.45, 2.75) is 13.0 Å². The van der Waals surface area contributed by atoms with Crippen LogP contribution in [0.5, 0.6) is 5.75 Å². The molecule has 1 aliphatic carbocycles. The van der Waals surface area contributed by atoms with Crippen LogP contribution in [0.25, 0.3) is 16.8 Å². The number of benzene rings is 4. The Labute approximate surface area is 197 Å². The van der Waals surface area contributed by atoms with Crippen LogP contribution in [0.1, 0.15) is 27.0 Å². The predicted octanol–water partition coefficient (Wildman–Crippen LogP) is 7.77. The van der Waals surface area contributed by atoms with E-state index < -0.39 is 0 Å². The quantitative estimate of drug-likeness (QED) is 0.250. The van der Waals surface area contributed by atoms with Gasteiger partial charge in [-0.1, -0.05) is 66.7 Å². The van der Waals surface area contributed by atoms with Crippen molar-refractivity contribution in [3.8, 4) is 5.75 Å². The van der Waals surface area contributed by atoms with Gasteiger partial charge in [-0.05, 0) is 77.5 Å². The first kappa shape index (κ1) is 20.2. The first-order valence-electron chi connectivity index (χ1n) is 10.0. The fourth-order valence-electron chi connectivity index (χ4n) is 4.04. The van der Waals surface area contributed by atoms with Crippen LogP contribution in [0, 0.1) is 0 Å². The van der Waals surface area contributed by atoms with E-state index in [9.17, 15) is 4.79 Å². The third-order valence-electron chi connectivity index (χ3n) is 5.55. The van der Waals surface area contributed by atoms with Gasteiger partial charge in [-0.2, -0.15) is 0 Å². The number of Topliss-reactive ketones (excluding diaryl/α,β-unsaturated/α-hetero) is 1. The largest absolute Gasteiger partial charge is 0.487 e. The molecule has 0 radical (unpaired) electrons. The van der Waals surface area contributed by atoms with Gasteiger partial charge in [0.05, 0.1) is 8.95 Å². The van der Waals surface area contributed by atoms with Crippen LogP contribution < -0.4 is 4.74 Å². The summed E-state index contributed by atoms with van der Waals surface area (Å²) in [5.41, 5.74) is 4.79. The Kier molecular flexibility index (Phi) is 5.51. The van der Waals surface area contributed by atoms with Crippen LogP contribution in [-0.2, 0) is 13.0 Å². The summed E-state index contributed by atoms with van der Waals surface area (Å²) >= 11 is 7.29. The lowest BCUT2D eigenvalue weighted by Crippen LogP contribution is -1.99. The highest BCUT2D eigenvalue weighted by molar-refractivity contribution is 9.11. The fraction of sp³-hybridized carbons (Fsp3) is 0.0741. The standard InChI is InChI=1S/C27H18Br2O2/c28-24-13-17(12-21-15-19-7-2-4-11-23(19)26(21)30)14-25(29)27(24)31-16-20-9-5-8-18-6-1-3-10-22(18)20/h1-14H,15-16H2/b21-12+. The zero-order valence-corrected chi connectivity index (χ0v) is 19.7. The van der Waals surface area contributed by atoms with E-state index in [-0.39, 0.29) is 5.78 Å². The minimum absolute atomic E-state index is 0.110. The van der Waals surface area contributed by atoms with Crippen LogP contribution in [0.2, 0.25) is 0 Å². The molecule has 0 saturated heterocycles. The second kappa shape index (κ2) is 8.45. The molecule has 1 aliphatic rings. The molecule has 0 fully saturated rings. The molecule has 0 unspecified atom stereocenters. The molecule has 0 heterocycles. The Morgan fingerprint density at radius 3 is 2.39 bits per heavy atom. The summed E-state index contributed by atoms with van der Waals surface area (Å²) in [6.07, 6.45) is 2.63. The molecule has 0 N–H and O–H groups in total. The Hall–Kier alpha value is -2.69. The van der Waals surface area contributed by atoms with Gasteiger partial charge in [-0.25, -0.2) is 0 Å². The molecule has 0 bridgehead atoms.